The molecule has 0 unspecified atom stereocenters. The predicted octanol–water partition coefficient (Wildman–Crippen LogP) is 2.48. The van der Waals surface area contributed by atoms with E-state index in [-0.39, 0.29) is 0 Å². The van der Waals surface area contributed by atoms with Crippen LogP contribution in [-0.4, -0.2) is 7.69 Å². The molecule has 0 aromatic carbocycles. The summed E-state index contributed by atoms with van der Waals surface area (Å²) in [5.41, 5.74) is 0. The minimum absolute atomic E-state index is 0.385. The third-order valence-electron chi connectivity index (χ3n) is 1.76. The van der Waals surface area contributed by atoms with Crippen LogP contribution in [-0.2, 0) is 0 Å². The van der Waals surface area contributed by atoms with Gasteiger partial charge in [0, 0.05) is 12.1 Å². The van der Waals surface area contributed by atoms with E-state index in [9.17, 15) is 0 Å². The van der Waals surface area contributed by atoms with Crippen LogP contribution in [0.1, 0.15) is 11.5 Å². The number of hydrogen-bond acceptors (Lipinski definition) is 4. The Morgan fingerprint density at radius 1 is 0.867 bits per heavy atom. The Kier molecular flexibility index (Phi) is 2.71. The molecule has 0 saturated carbocycles. The van der Waals surface area contributed by atoms with E-state index in [1.54, 1.807) is 24.3 Å². The van der Waals surface area contributed by atoms with E-state index in [0.717, 1.165) is 19.2 Å². The first kappa shape index (κ1) is 9.77. The summed E-state index contributed by atoms with van der Waals surface area (Å²) >= 11 is 0. The fraction of sp³-hybridized carbons (Fsp3) is 0.200. The van der Waals surface area contributed by atoms with E-state index in [1.165, 1.54) is 0 Å². The molecule has 0 N–H and O–H groups in total. The summed E-state index contributed by atoms with van der Waals surface area (Å²) in [6.07, 6.45) is 0. The van der Waals surface area contributed by atoms with Crippen LogP contribution in [0.5, 0.6) is 11.9 Å². The molecule has 2 rings (SSSR count). The average Bonchev–Trinajstić information content (AvgIpc) is 2.76. The highest BCUT2D eigenvalue weighted by molar-refractivity contribution is 6.20. The molecule has 2 heterocycles. The van der Waals surface area contributed by atoms with Crippen molar-refractivity contribution in [2.24, 2.45) is 0 Å². The molecule has 77 valence electrons. The van der Waals surface area contributed by atoms with Crippen molar-refractivity contribution in [2.75, 3.05) is 0 Å². The zero-order valence-corrected chi connectivity index (χ0v) is 8.52. The molecular formula is C10H10BO4. The van der Waals surface area contributed by atoms with Crippen molar-refractivity contribution >= 4 is 7.69 Å². The van der Waals surface area contributed by atoms with E-state index < -0.39 is 0 Å². The number of hydrogen-bond donors (Lipinski definition) is 0. The van der Waals surface area contributed by atoms with E-state index in [4.69, 9.17) is 18.1 Å². The molecule has 0 spiro atoms. The van der Waals surface area contributed by atoms with E-state index in [0.29, 0.717) is 11.9 Å². The van der Waals surface area contributed by atoms with Gasteiger partial charge >= 0.3 is 7.69 Å². The van der Waals surface area contributed by atoms with Gasteiger partial charge in [-0.05, 0) is 26.0 Å². The monoisotopic (exact) mass is 205 g/mol. The second kappa shape index (κ2) is 4.17. The number of rotatable bonds is 4. The van der Waals surface area contributed by atoms with E-state index in [2.05, 4.69) is 0 Å². The van der Waals surface area contributed by atoms with Crippen molar-refractivity contribution < 1.29 is 18.1 Å². The molecule has 0 aliphatic rings. The second-order valence-electron chi connectivity index (χ2n) is 3.06. The maximum Gasteiger partial charge on any atom is 0.662 e. The first-order valence-corrected chi connectivity index (χ1v) is 4.52. The Bertz CT molecular complexity index is 392. The zero-order valence-electron chi connectivity index (χ0n) is 8.52. The Labute approximate surface area is 88.1 Å². The summed E-state index contributed by atoms with van der Waals surface area (Å²) < 4.78 is 20.5. The molecule has 4 nitrogen and oxygen atoms in total. The molecule has 2 aromatic rings. The van der Waals surface area contributed by atoms with Crippen molar-refractivity contribution in [2.45, 2.75) is 13.8 Å². The maximum absolute atomic E-state index is 5.16. The zero-order chi connectivity index (χ0) is 10.7. The molecule has 0 aliphatic heterocycles. The Morgan fingerprint density at radius 2 is 1.33 bits per heavy atom. The van der Waals surface area contributed by atoms with Crippen LogP contribution in [0.4, 0.5) is 0 Å². The van der Waals surface area contributed by atoms with Gasteiger partial charge in [0.1, 0.15) is 11.5 Å². The van der Waals surface area contributed by atoms with Gasteiger partial charge in [-0.3, -0.25) is 0 Å². The van der Waals surface area contributed by atoms with Gasteiger partial charge < -0.3 is 18.1 Å². The molecule has 0 fully saturated rings. The SMILES string of the molecule is Cc1ccc(O[B]Oc2ccc(C)o2)o1. The summed E-state index contributed by atoms with van der Waals surface area (Å²) in [7, 11) is 1.16. The maximum atomic E-state index is 5.16. The molecule has 15 heavy (non-hydrogen) atoms. The molecule has 0 bridgehead atoms. The first-order chi connectivity index (χ1) is 7.24. The van der Waals surface area contributed by atoms with Crippen molar-refractivity contribution in [3.8, 4) is 11.9 Å². The highest BCUT2D eigenvalue weighted by Gasteiger charge is 2.06. The van der Waals surface area contributed by atoms with Crippen molar-refractivity contribution in [3.05, 3.63) is 35.8 Å². The second-order valence-corrected chi connectivity index (χ2v) is 3.06. The summed E-state index contributed by atoms with van der Waals surface area (Å²) in [5, 5.41) is 0. The molecular weight excluding hydrogens is 195 g/mol. The van der Waals surface area contributed by atoms with Crippen LogP contribution < -0.4 is 9.31 Å². The smallest absolute Gasteiger partial charge is 0.499 e. The van der Waals surface area contributed by atoms with Gasteiger partial charge in [0.2, 0.25) is 0 Å². The van der Waals surface area contributed by atoms with Gasteiger partial charge in [-0.1, -0.05) is 0 Å². The van der Waals surface area contributed by atoms with Crippen LogP contribution in [0, 0.1) is 13.8 Å². The van der Waals surface area contributed by atoms with Gasteiger partial charge in [-0.15, -0.1) is 0 Å². The van der Waals surface area contributed by atoms with Crippen LogP contribution in [0.2, 0.25) is 0 Å². The first-order valence-electron chi connectivity index (χ1n) is 4.52. The minimum atomic E-state index is 0.385. The highest BCUT2D eigenvalue weighted by Crippen LogP contribution is 2.16. The summed E-state index contributed by atoms with van der Waals surface area (Å²) in [4.78, 5) is 0. The molecule has 5 heteroatoms. The summed E-state index contributed by atoms with van der Waals surface area (Å²) in [6, 6.07) is 7.03. The Hall–Kier alpha value is -1.78. The topological polar surface area (TPSA) is 44.7 Å². The number of furan rings is 2. The van der Waals surface area contributed by atoms with Crippen LogP contribution in [0.15, 0.2) is 33.1 Å². The van der Waals surface area contributed by atoms with Crippen molar-refractivity contribution in [3.63, 3.8) is 0 Å². The van der Waals surface area contributed by atoms with Crippen LogP contribution >= 0.6 is 0 Å². The fourth-order valence-corrected chi connectivity index (χ4v) is 1.07. The van der Waals surface area contributed by atoms with Gasteiger partial charge in [-0.2, -0.15) is 0 Å². The lowest BCUT2D eigenvalue weighted by molar-refractivity contribution is 0.320. The molecule has 0 atom stereocenters. The van der Waals surface area contributed by atoms with Crippen LogP contribution in [0.3, 0.4) is 0 Å². The number of aryl methyl sites for hydroxylation is 2. The van der Waals surface area contributed by atoms with Gasteiger partial charge in [0.25, 0.3) is 11.9 Å². The lowest BCUT2D eigenvalue weighted by atomic mass is 10.4. The quantitative estimate of drug-likeness (QED) is 0.719. The fourth-order valence-electron chi connectivity index (χ4n) is 1.07. The van der Waals surface area contributed by atoms with Gasteiger partial charge in [0.05, 0.1) is 0 Å². The lowest BCUT2D eigenvalue weighted by Crippen LogP contribution is -2.09. The highest BCUT2D eigenvalue weighted by atomic mass is 16.7. The van der Waals surface area contributed by atoms with Gasteiger partial charge in [0.15, 0.2) is 0 Å². The van der Waals surface area contributed by atoms with E-state index in [1.807, 2.05) is 13.8 Å². The standard InChI is InChI=1S/C10H10BO4/c1-7-3-5-9(12-7)14-11-15-10-6-4-8(2)13-10/h3-6H,1-2H3. The molecule has 1 radical (unpaired) electrons. The van der Waals surface area contributed by atoms with E-state index >= 15 is 0 Å². The summed E-state index contributed by atoms with van der Waals surface area (Å²) in [5.74, 6) is 2.34. The molecule has 2 aromatic heterocycles. The Balaban J connectivity index is 1.80. The molecule has 0 saturated heterocycles. The van der Waals surface area contributed by atoms with Gasteiger partial charge in [-0.25, -0.2) is 0 Å². The summed E-state index contributed by atoms with van der Waals surface area (Å²) in [6.45, 7) is 3.67. The van der Waals surface area contributed by atoms with Crippen molar-refractivity contribution in [1.29, 1.82) is 0 Å². The Morgan fingerprint density at radius 3 is 1.67 bits per heavy atom. The molecule has 0 amide bonds. The normalized spacial score (nSPS) is 10.0. The largest absolute Gasteiger partial charge is 0.662 e. The molecule has 0 aliphatic carbocycles. The third kappa shape index (κ3) is 2.59. The minimum Gasteiger partial charge on any atom is -0.499 e. The predicted molar refractivity (Wildman–Crippen MR) is 53.9 cm³/mol. The lowest BCUT2D eigenvalue weighted by Gasteiger charge is -1.99. The average molecular weight is 205 g/mol. The third-order valence-corrected chi connectivity index (χ3v) is 1.76. The van der Waals surface area contributed by atoms with Crippen molar-refractivity contribution in [1.82, 2.24) is 0 Å². The van der Waals surface area contributed by atoms with Crippen LogP contribution in [0.25, 0.3) is 0 Å².